The summed E-state index contributed by atoms with van der Waals surface area (Å²) in [6.07, 6.45) is 0. The van der Waals surface area contributed by atoms with Gasteiger partial charge in [-0.3, -0.25) is 4.79 Å². The molecule has 0 aliphatic carbocycles. The SMILES string of the molecule is CCOC(=O)c1cc(C)n(CC(=O)Nc2cc(S(=O)(=O)N(CC)CC)ccc2OC)c1C. The van der Waals surface area contributed by atoms with Gasteiger partial charge >= 0.3 is 5.97 Å². The number of esters is 1. The van der Waals surface area contributed by atoms with Crippen LogP contribution in [-0.4, -0.2) is 56.0 Å². The molecule has 2 rings (SSSR count). The minimum atomic E-state index is -3.70. The lowest BCUT2D eigenvalue weighted by Gasteiger charge is -2.20. The molecule has 1 aromatic carbocycles. The lowest BCUT2D eigenvalue weighted by molar-refractivity contribution is -0.116. The number of nitrogens with zero attached hydrogens (tertiary/aromatic N) is 2. The van der Waals surface area contributed by atoms with Gasteiger partial charge in [0.05, 0.1) is 29.9 Å². The monoisotopic (exact) mass is 465 g/mol. The van der Waals surface area contributed by atoms with Gasteiger partial charge < -0.3 is 19.4 Å². The molecule has 0 radical (unpaired) electrons. The van der Waals surface area contributed by atoms with Gasteiger partial charge in [-0.1, -0.05) is 13.8 Å². The van der Waals surface area contributed by atoms with Crippen molar-refractivity contribution in [3.8, 4) is 5.75 Å². The highest BCUT2D eigenvalue weighted by Gasteiger charge is 2.24. The Hall–Kier alpha value is -2.85. The second kappa shape index (κ2) is 10.6. The molecule has 1 heterocycles. The van der Waals surface area contributed by atoms with Crippen LogP contribution >= 0.6 is 0 Å². The van der Waals surface area contributed by atoms with Crippen LogP contribution in [0.5, 0.6) is 5.75 Å². The first kappa shape index (κ1) is 25.4. The average Bonchev–Trinajstić information content (AvgIpc) is 3.02. The van der Waals surface area contributed by atoms with Gasteiger partial charge in [-0.05, 0) is 45.0 Å². The summed E-state index contributed by atoms with van der Waals surface area (Å²) in [5, 5.41) is 2.73. The molecule has 176 valence electrons. The predicted molar refractivity (Wildman–Crippen MR) is 122 cm³/mol. The number of carbonyl (C=O) groups excluding carboxylic acids is 2. The summed E-state index contributed by atoms with van der Waals surface area (Å²) in [6.45, 7) is 9.66. The fraction of sp³-hybridized carbons (Fsp3) is 0.455. The Labute approximate surface area is 189 Å². The van der Waals surface area contributed by atoms with E-state index in [4.69, 9.17) is 9.47 Å². The number of amides is 1. The van der Waals surface area contributed by atoms with Crippen LogP contribution in [0, 0.1) is 13.8 Å². The Kier molecular flexibility index (Phi) is 8.45. The van der Waals surface area contributed by atoms with Gasteiger partial charge in [0.25, 0.3) is 0 Å². The predicted octanol–water partition coefficient (Wildman–Crippen LogP) is 2.96. The number of carbonyl (C=O) groups is 2. The third kappa shape index (κ3) is 5.31. The first-order chi connectivity index (χ1) is 15.1. The van der Waals surface area contributed by atoms with E-state index in [2.05, 4.69) is 5.32 Å². The summed E-state index contributed by atoms with van der Waals surface area (Å²) in [4.78, 5) is 25.0. The summed E-state index contributed by atoms with van der Waals surface area (Å²) >= 11 is 0. The first-order valence-electron chi connectivity index (χ1n) is 10.4. The van der Waals surface area contributed by atoms with E-state index in [1.807, 2.05) is 0 Å². The molecule has 1 N–H and O–H groups in total. The third-order valence-corrected chi connectivity index (χ3v) is 7.20. The summed E-state index contributed by atoms with van der Waals surface area (Å²) in [5.74, 6) is -0.494. The van der Waals surface area contributed by atoms with Gasteiger partial charge in [-0.25, -0.2) is 13.2 Å². The fourth-order valence-corrected chi connectivity index (χ4v) is 4.94. The van der Waals surface area contributed by atoms with Crippen LogP contribution in [0.25, 0.3) is 0 Å². The van der Waals surface area contributed by atoms with Gasteiger partial charge in [0.15, 0.2) is 0 Å². The highest BCUT2D eigenvalue weighted by Crippen LogP contribution is 2.29. The van der Waals surface area contributed by atoms with Crippen molar-refractivity contribution in [1.82, 2.24) is 8.87 Å². The molecule has 1 amide bonds. The lowest BCUT2D eigenvalue weighted by Crippen LogP contribution is -2.30. The van der Waals surface area contributed by atoms with E-state index in [-0.39, 0.29) is 23.7 Å². The molecule has 0 aliphatic rings. The lowest BCUT2D eigenvalue weighted by atomic mass is 10.2. The number of aromatic nitrogens is 1. The molecule has 0 atom stereocenters. The summed E-state index contributed by atoms with van der Waals surface area (Å²) < 4.78 is 39.1. The number of nitrogens with one attached hydrogen (secondary N) is 1. The Morgan fingerprint density at radius 3 is 2.31 bits per heavy atom. The van der Waals surface area contributed by atoms with Crippen LogP contribution in [0.15, 0.2) is 29.2 Å². The molecule has 1 aromatic heterocycles. The molecule has 0 spiro atoms. The van der Waals surface area contributed by atoms with Crippen molar-refractivity contribution in [2.24, 2.45) is 0 Å². The van der Waals surface area contributed by atoms with Crippen molar-refractivity contribution in [1.29, 1.82) is 0 Å². The zero-order chi connectivity index (χ0) is 24.1. The van der Waals surface area contributed by atoms with E-state index in [0.29, 0.717) is 30.1 Å². The highest BCUT2D eigenvalue weighted by molar-refractivity contribution is 7.89. The zero-order valence-electron chi connectivity index (χ0n) is 19.4. The van der Waals surface area contributed by atoms with Gasteiger partial charge in [-0.2, -0.15) is 4.31 Å². The smallest absolute Gasteiger partial charge is 0.339 e. The number of ether oxygens (including phenoxy) is 2. The summed E-state index contributed by atoms with van der Waals surface area (Å²) in [6, 6.07) is 6.04. The maximum Gasteiger partial charge on any atom is 0.339 e. The quantitative estimate of drug-likeness (QED) is 0.541. The van der Waals surface area contributed by atoms with Gasteiger partial charge in [-0.15, -0.1) is 0 Å². The Morgan fingerprint density at radius 2 is 1.75 bits per heavy atom. The van der Waals surface area contributed by atoms with Crippen LogP contribution in [-0.2, 0) is 26.1 Å². The minimum Gasteiger partial charge on any atom is -0.495 e. The van der Waals surface area contributed by atoms with Crippen LogP contribution in [0.4, 0.5) is 5.69 Å². The van der Waals surface area contributed by atoms with E-state index < -0.39 is 21.9 Å². The first-order valence-corrected chi connectivity index (χ1v) is 11.9. The van der Waals surface area contributed by atoms with Crippen molar-refractivity contribution in [2.45, 2.75) is 46.1 Å². The van der Waals surface area contributed by atoms with Crippen molar-refractivity contribution in [2.75, 3.05) is 32.1 Å². The fourth-order valence-electron chi connectivity index (χ4n) is 3.45. The topological polar surface area (TPSA) is 107 Å². The van der Waals surface area contributed by atoms with Crippen LogP contribution < -0.4 is 10.1 Å². The van der Waals surface area contributed by atoms with Gasteiger partial charge in [0.2, 0.25) is 15.9 Å². The molecule has 32 heavy (non-hydrogen) atoms. The maximum atomic E-state index is 12.9. The molecule has 0 unspecified atom stereocenters. The Balaban J connectivity index is 2.31. The average molecular weight is 466 g/mol. The van der Waals surface area contributed by atoms with E-state index in [9.17, 15) is 18.0 Å². The Morgan fingerprint density at radius 1 is 1.09 bits per heavy atom. The molecule has 0 bridgehead atoms. The molecule has 0 fully saturated rings. The van der Waals surface area contributed by atoms with E-state index in [1.165, 1.54) is 29.6 Å². The molecule has 9 nitrogen and oxygen atoms in total. The van der Waals surface area contributed by atoms with E-state index in [1.54, 1.807) is 45.3 Å². The summed E-state index contributed by atoms with van der Waals surface area (Å²) in [5.41, 5.74) is 1.99. The molecular formula is C22H31N3O6S. The molecule has 2 aromatic rings. The molecule has 0 saturated carbocycles. The van der Waals surface area contributed by atoms with Gasteiger partial charge in [0.1, 0.15) is 12.3 Å². The number of methoxy groups -OCH3 is 1. The van der Waals surface area contributed by atoms with E-state index >= 15 is 0 Å². The highest BCUT2D eigenvalue weighted by atomic mass is 32.2. The second-order valence-electron chi connectivity index (χ2n) is 7.09. The van der Waals surface area contributed by atoms with Gasteiger partial charge in [0, 0.05) is 24.5 Å². The zero-order valence-corrected chi connectivity index (χ0v) is 20.2. The number of sulfonamides is 1. The molecule has 0 aliphatic heterocycles. The normalized spacial score (nSPS) is 11.5. The Bertz CT molecular complexity index is 1090. The van der Waals surface area contributed by atoms with Crippen LogP contribution in [0.2, 0.25) is 0 Å². The van der Waals surface area contributed by atoms with Crippen molar-refractivity contribution >= 4 is 27.6 Å². The maximum absolute atomic E-state index is 12.9. The number of rotatable bonds is 10. The molecule has 0 saturated heterocycles. The van der Waals surface area contributed by atoms with Crippen LogP contribution in [0.3, 0.4) is 0 Å². The second-order valence-corrected chi connectivity index (χ2v) is 9.03. The number of hydrogen-bond acceptors (Lipinski definition) is 6. The van der Waals surface area contributed by atoms with Crippen molar-refractivity contribution in [3.05, 3.63) is 41.2 Å². The summed E-state index contributed by atoms with van der Waals surface area (Å²) in [7, 11) is -2.26. The molecule has 10 heteroatoms. The number of aryl methyl sites for hydroxylation is 1. The molecular weight excluding hydrogens is 434 g/mol. The largest absolute Gasteiger partial charge is 0.495 e. The minimum absolute atomic E-state index is 0.0623. The van der Waals surface area contributed by atoms with Crippen LogP contribution in [0.1, 0.15) is 42.5 Å². The standard InChI is InChI=1S/C22H31N3O6S/c1-7-24(8-2)32(28,29)17-10-11-20(30-6)19(13-17)23-21(26)14-25-15(4)12-18(16(25)5)22(27)31-9-3/h10-13H,7-9,14H2,1-6H3,(H,23,26). The number of hydrogen-bond donors (Lipinski definition) is 1. The number of anilines is 1. The third-order valence-electron chi connectivity index (χ3n) is 5.16. The van der Waals surface area contributed by atoms with Crippen molar-refractivity contribution < 1.29 is 27.5 Å². The van der Waals surface area contributed by atoms with Crippen molar-refractivity contribution in [3.63, 3.8) is 0 Å². The van der Waals surface area contributed by atoms with E-state index in [0.717, 1.165) is 5.69 Å². The number of benzene rings is 1.